The second-order valence-electron chi connectivity index (χ2n) is 0.799. The molecule has 42 valence electrons. The minimum absolute atomic E-state index is 0.637. The Kier molecular flexibility index (Phi) is 3.30. The predicted molar refractivity (Wildman–Crippen MR) is 25.8 cm³/mol. The van der Waals surface area contributed by atoms with Crippen molar-refractivity contribution in [1.29, 1.82) is 0 Å². The van der Waals surface area contributed by atoms with Gasteiger partial charge in [0.2, 0.25) is 0 Å². The zero-order chi connectivity index (χ0) is 5.86. The number of hydrogen-bond donors (Lipinski definition) is 0. The first kappa shape index (κ1) is 7.18. The molecule has 0 nitrogen and oxygen atoms in total. The quantitative estimate of drug-likeness (QED) is 0.534. The molecule has 7 heavy (non-hydrogen) atoms. The van der Waals surface area contributed by atoms with Gasteiger partial charge < -0.3 is 0 Å². The van der Waals surface area contributed by atoms with Crippen molar-refractivity contribution in [2.24, 2.45) is 0 Å². The zero-order valence-corrected chi connectivity index (χ0v) is 4.73. The van der Waals surface area contributed by atoms with Crippen LogP contribution in [-0.4, -0.2) is 6.67 Å². The van der Waals surface area contributed by atoms with Crippen LogP contribution in [0.5, 0.6) is 0 Å². The van der Waals surface area contributed by atoms with E-state index in [1.54, 1.807) is 0 Å². The second kappa shape index (κ2) is 3.22. The summed E-state index contributed by atoms with van der Waals surface area (Å²) in [5, 5.41) is 0. The average molecular weight is 147 g/mol. The molecule has 0 rings (SSSR count). The molecule has 0 heterocycles. The molecular formula is C3H2Cl2F2. The van der Waals surface area contributed by atoms with Gasteiger partial charge in [-0.3, -0.25) is 0 Å². The maximum atomic E-state index is 11.5. The number of alkyl halides is 1. The van der Waals surface area contributed by atoms with Crippen LogP contribution in [0.3, 0.4) is 0 Å². The molecule has 0 fully saturated rings. The molecule has 0 aliphatic carbocycles. The molecule has 0 saturated heterocycles. The largest absolute Gasteiger partial charge is 0.243 e. The molecule has 0 saturated carbocycles. The van der Waals surface area contributed by atoms with Gasteiger partial charge in [0, 0.05) is 0 Å². The van der Waals surface area contributed by atoms with Crippen LogP contribution in [0.25, 0.3) is 0 Å². The lowest BCUT2D eigenvalue weighted by Gasteiger charge is -1.82. The van der Waals surface area contributed by atoms with Crippen LogP contribution in [0, 0.1) is 0 Å². The summed E-state index contributed by atoms with van der Waals surface area (Å²) in [4.78, 5) is 0. The highest BCUT2D eigenvalue weighted by Gasteiger charge is 1.96. The Morgan fingerprint density at radius 1 is 1.43 bits per heavy atom. The topological polar surface area (TPSA) is 0 Å². The predicted octanol–water partition coefficient (Wildman–Crippen LogP) is 2.57. The fourth-order valence-corrected chi connectivity index (χ4v) is 0.152. The smallest absolute Gasteiger partial charge is 0.161 e. The Labute approximate surface area is 49.7 Å². The van der Waals surface area contributed by atoms with Crippen molar-refractivity contribution in [2.75, 3.05) is 6.67 Å². The van der Waals surface area contributed by atoms with Crippen LogP contribution < -0.4 is 0 Å². The lowest BCUT2D eigenvalue weighted by atomic mass is 10.7. The molecule has 4 heteroatoms. The molecule has 0 aromatic heterocycles. The van der Waals surface area contributed by atoms with Crippen LogP contribution in [0.15, 0.2) is 10.3 Å². The van der Waals surface area contributed by atoms with E-state index in [0.29, 0.717) is 0 Å². The van der Waals surface area contributed by atoms with Crippen molar-refractivity contribution >= 4 is 23.2 Å². The van der Waals surface area contributed by atoms with Gasteiger partial charge in [-0.2, -0.15) is 0 Å². The Bertz CT molecular complexity index is 84.9. The maximum absolute atomic E-state index is 11.5. The fraction of sp³-hybridized carbons (Fsp3) is 0.333. The first-order chi connectivity index (χ1) is 3.18. The summed E-state index contributed by atoms with van der Waals surface area (Å²) < 4.78 is 21.9. The lowest BCUT2D eigenvalue weighted by Crippen LogP contribution is -1.73. The summed E-state index contributed by atoms with van der Waals surface area (Å²) in [5.41, 5.74) is 0. The monoisotopic (exact) mass is 146 g/mol. The highest BCUT2D eigenvalue weighted by Crippen LogP contribution is 2.14. The SMILES string of the molecule is FCC(F)=C(Cl)Cl. The Balaban J connectivity index is 3.72. The van der Waals surface area contributed by atoms with Gasteiger partial charge in [0.05, 0.1) is 0 Å². The molecule has 0 bridgehead atoms. The van der Waals surface area contributed by atoms with Crippen LogP contribution in [0.1, 0.15) is 0 Å². The van der Waals surface area contributed by atoms with Crippen LogP contribution >= 0.6 is 23.2 Å². The standard InChI is InChI=1S/C3H2Cl2F2/c4-3(5)2(7)1-6/h1H2. The Morgan fingerprint density at radius 2 is 1.86 bits per heavy atom. The molecule has 0 aromatic rings. The van der Waals surface area contributed by atoms with E-state index in [1.807, 2.05) is 0 Å². The van der Waals surface area contributed by atoms with Crippen molar-refractivity contribution in [3.8, 4) is 0 Å². The van der Waals surface area contributed by atoms with Gasteiger partial charge in [-0.25, -0.2) is 8.78 Å². The minimum Gasteiger partial charge on any atom is -0.243 e. The van der Waals surface area contributed by atoms with E-state index < -0.39 is 17.0 Å². The van der Waals surface area contributed by atoms with Crippen molar-refractivity contribution < 1.29 is 8.78 Å². The van der Waals surface area contributed by atoms with Gasteiger partial charge in [-0.1, -0.05) is 23.2 Å². The van der Waals surface area contributed by atoms with Crippen molar-refractivity contribution in [3.63, 3.8) is 0 Å². The summed E-state index contributed by atoms with van der Waals surface area (Å²) in [6.45, 7) is -1.23. The van der Waals surface area contributed by atoms with Crippen molar-refractivity contribution in [3.05, 3.63) is 10.3 Å². The number of halogens is 4. The Morgan fingerprint density at radius 3 is 1.86 bits per heavy atom. The minimum atomic E-state index is -1.23. The summed E-state index contributed by atoms with van der Waals surface area (Å²) in [5.74, 6) is -1.12. The molecule has 0 radical (unpaired) electrons. The summed E-state index contributed by atoms with van der Waals surface area (Å²) in [6, 6.07) is 0. The Hall–Kier alpha value is 0.180. The van der Waals surface area contributed by atoms with Gasteiger partial charge >= 0.3 is 0 Å². The van der Waals surface area contributed by atoms with E-state index in [9.17, 15) is 8.78 Å². The van der Waals surface area contributed by atoms with Crippen LogP contribution in [0.2, 0.25) is 0 Å². The number of hydrogen-bond acceptors (Lipinski definition) is 0. The van der Waals surface area contributed by atoms with Crippen molar-refractivity contribution in [1.82, 2.24) is 0 Å². The molecule has 0 aliphatic rings. The second-order valence-corrected chi connectivity index (χ2v) is 1.75. The van der Waals surface area contributed by atoms with E-state index in [4.69, 9.17) is 23.2 Å². The van der Waals surface area contributed by atoms with Gasteiger partial charge in [0.25, 0.3) is 0 Å². The molecule has 0 spiro atoms. The fourth-order valence-electron chi connectivity index (χ4n) is 0.0505. The van der Waals surface area contributed by atoms with E-state index in [0.717, 1.165) is 0 Å². The van der Waals surface area contributed by atoms with Crippen molar-refractivity contribution in [2.45, 2.75) is 0 Å². The molecule has 0 N–H and O–H groups in total. The maximum Gasteiger partial charge on any atom is 0.161 e. The van der Waals surface area contributed by atoms with Gasteiger partial charge in [-0.05, 0) is 0 Å². The van der Waals surface area contributed by atoms with Gasteiger partial charge in [-0.15, -0.1) is 0 Å². The van der Waals surface area contributed by atoms with Crippen LogP contribution in [-0.2, 0) is 0 Å². The normalized spacial score (nSPS) is 8.57. The summed E-state index contributed by atoms with van der Waals surface area (Å²) >= 11 is 9.52. The van der Waals surface area contributed by atoms with E-state index >= 15 is 0 Å². The summed E-state index contributed by atoms with van der Waals surface area (Å²) in [7, 11) is 0. The molecule has 0 atom stereocenters. The van der Waals surface area contributed by atoms with Gasteiger partial charge in [0.15, 0.2) is 5.83 Å². The molecule has 0 aromatic carbocycles. The number of rotatable bonds is 1. The first-order valence-electron chi connectivity index (χ1n) is 1.44. The van der Waals surface area contributed by atoms with Gasteiger partial charge in [0.1, 0.15) is 11.2 Å². The molecule has 0 amide bonds. The third kappa shape index (κ3) is 2.83. The zero-order valence-electron chi connectivity index (χ0n) is 3.22. The third-order valence-electron chi connectivity index (χ3n) is 0.322. The number of allylic oxidation sites excluding steroid dienone is 1. The molecule has 0 aliphatic heterocycles. The van der Waals surface area contributed by atoms with Crippen LogP contribution in [0.4, 0.5) is 8.78 Å². The van der Waals surface area contributed by atoms with E-state index in [2.05, 4.69) is 0 Å². The third-order valence-corrected chi connectivity index (χ3v) is 0.733. The highest BCUT2D eigenvalue weighted by molar-refractivity contribution is 6.56. The highest BCUT2D eigenvalue weighted by atomic mass is 35.5. The molecule has 0 unspecified atom stereocenters. The van der Waals surface area contributed by atoms with E-state index in [-0.39, 0.29) is 0 Å². The van der Waals surface area contributed by atoms with E-state index in [1.165, 1.54) is 0 Å². The lowest BCUT2D eigenvalue weighted by molar-refractivity contribution is 0.459. The molecular weight excluding hydrogens is 145 g/mol. The summed E-state index contributed by atoms with van der Waals surface area (Å²) in [6.07, 6.45) is 0. The first-order valence-corrected chi connectivity index (χ1v) is 2.19. The average Bonchev–Trinajstić information content (AvgIpc) is 1.65.